The topological polar surface area (TPSA) is 94.8 Å². The number of hydrogen-bond donors (Lipinski definition) is 3. The number of rotatable bonds is 3. The Labute approximate surface area is 112 Å². The summed E-state index contributed by atoms with van der Waals surface area (Å²) in [5.41, 5.74) is -0.789. The highest BCUT2D eigenvalue weighted by Gasteiger charge is 2.02. The molecule has 2 aromatic rings. The Morgan fingerprint density at radius 1 is 1.20 bits per heavy atom. The number of hydrogen-bond acceptors (Lipinski definition) is 3. The summed E-state index contributed by atoms with van der Waals surface area (Å²) in [6.45, 7) is 0. The zero-order valence-electron chi connectivity index (χ0n) is 10.1. The molecule has 1 amide bonds. The van der Waals surface area contributed by atoms with Gasteiger partial charge in [0.1, 0.15) is 11.5 Å². The molecule has 0 radical (unpaired) electrons. The predicted octanol–water partition coefficient (Wildman–Crippen LogP) is 0.854. The van der Waals surface area contributed by atoms with E-state index < -0.39 is 17.2 Å². The van der Waals surface area contributed by atoms with Crippen molar-refractivity contribution in [3.05, 3.63) is 68.8 Å². The fourth-order valence-electron chi connectivity index (χ4n) is 1.42. The van der Waals surface area contributed by atoms with Crippen molar-refractivity contribution in [3.8, 4) is 0 Å². The van der Waals surface area contributed by atoms with Gasteiger partial charge in [-0.25, -0.2) is 9.18 Å². The van der Waals surface area contributed by atoms with Crippen molar-refractivity contribution in [1.82, 2.24) is 9.97 Å². The summed E-state index contributed by atoms with van der Waals surface area (Å²) in [4.78, 5) is 37.9. The standard InChI is InChI=1S/C13H10FN3O3/c14-9-4-1-8(2-5-9)3-6-11(18)16-10-7-15-13(20)17-12(10)19/h1-7H,(H,16,18)(H2,15,17,19,20)/b6-3+. The third-order valence-corrected chi connectivity index (χ3v) is 2.37. The monoisotopic (exact) mass is 275 g/mol. The summed E-state index contributed by atoms with van der Waals surface area (Å²) in [6.07, 6.45) is 3.76. The van der Waals surface area contributed by atoms with Crippen molar-refractivity contribution in [2.45, 2.75) is 0 Å². The van der Waals surface area contributed by atoms with E-state index in [2.05, 4.69) is 10.3 Å². The third-order valence-electron chi connectivity index (χ3n) is 2.37. The lowest BCUT2D eigenvalue weighted by Crippen LogP contribution is -2.25. The molecule has 0 saturated carbocycles. The van der Waals surface area contributed by atoms with Crippen molar-refractivity contribution >= 4 is 17.7 Å². The van der Waals surface area contributed by atoms with Crippen LogP contribution in [0.15, 0.2) is 46.1 Å². The number of carbonyl (C=O) groups excluding carboxylic acids is 1. The van der Waals surface area contributed by atoms with Crippen molar-refractivity contribution in [2.75, 3.05) is 5.32 Å². The van der Waals surface area contributed by atoms with Crippen LogP contribution in [0.2, 0.25) is 0 Å². The predicted molar refractivity (Wildman–Crippen MR) is 71.7 cm³/mol. The Hall–Kier alpha value is -2.96. The van der Waals surface area contributed by atoms with Crippen LogP contribution in [0.5, 0.6) is 0 Å². The molecule has 1 aromatic heterocycles. The van der Waals surface area contributed by atoms with E-state index in [1.807, 2.05) is 4.98 Å². The summed E-state index contributed by atoms with van der Waals surface area (Å²) in [5.74, 6) is -0.918. The van der Waals surface area contributed by atoms with Gasteiger partial charge in [0.05, 0.1) is 0 Å². The molecule has 102 valence electrons. The zero-order valence-corrected chi connectivity index (χ0v) is 10.1. The maximum atomic E-state index is 12.7. The molecule has 0 atom stereocenters. The van der Waals surface area contributed by atoms with Crippen molar-refractivity contribution in [2.24, 2.45) is 0 Å². The van der Waals surface area contributed by atoms with Crippen molar-refractivity contribution < 1.29 is 9.18 Å². The largest absolute Gasteiger partial charge is 0.325 e. The molecule has 7 heteroatoms. The van der Waals surface area contributed by atoms with Gasteiger partial charge in [-0.05, 0) is 23.8 Å². The van der Waals surface area contributed by atoms with Crippen LogP contribution in [0.3, 0.4) is 0 Å². The summed E-state index contributed by atoms with van der Waals surface area (Å²) in [7, 11) is 0. The van der Waals surface area contributed by atoms with E-state index in [-0.39, 0.29) is 11.5 Å². The van der Waals surface area contributed by atoms with E-state index in [4.69, 9.17) is 0 Å². The summed E-state index contributed by atoms with van der Waals surface area (Å²) in [6, 6.07) is 5.55. The minimum atomic E-state index is -0.697. The number of aromatic nitrogens is 2. The van der Waals surface area contributed by atoms with Crippen LogP contribution in [0.1, 0.15) is 5.56 Å². The average molecular weight is 275 g/mol. The molecule has 0 aliphatic heterocycles. The van der Waals surface area contributed by atoms with E-state index in [9.17, 15) is 18.8 Å². The first-order valence-electron chi connectivity index (χ1n) is 5.61. The van der Waals surface area contributed by atoms with Gasteiger partial charge in [0.25, 0.3) is 5.56 Å². The highest BCUT2D eigenvalue weighted by molar-refractivity contribution is 6.01. The Balaban J connectivity index is 2.07. The summed E-state index contributed by atoms with van der Waals surface area (Å²) >= 11 is 0. The third kappa shape index (κ3) is 3.52. The lowest BCUT2D eigenvalue weighted by atomic mass is 10.2. The van der Waals surface area contributed by atoms with Crippen LogP contribution in [0.25, 0.3) is 6.08 Å². The molecule has 2 rings (SSSR count). The highest BCUT2D eigenvalue weighted by atomic mass is 19.1. The van der Waals surface area contributed by atoms with Gasteiger partial charge < -0.3 is 10.3 Å². The van der Waals surface area contributed by atoms with E-state index >= 15 is 0 Å². The fraction of sp³-hybridized carbons (Fsp3) is 0. The number of nitrogens with one attached hydrogen (secondary N) is 3. The fourth-order valence-corrected chi connectivity index (χ4v) is 1.42. The van der Waals surface area contributed by atoms with Gasteiger partial charge in [-0.1, -0.05) is 12.1 Å². The zero-order chi connectivity index (χ0) is 14.5. The molecule has 0 saturated heterocycles. The van der Waals surface area contributed by atoms with Gasteiger partial charge in [-0.15, -0.1) is 0 Å². The maximum Gasteiger partial charge on any atom is 0.325 e. The molecule has 0 fully saturated rings. The van der Waals surface area contributed by atoms with Gasteiger partial charge in [0, 0.05) is 12.3 Å². The van der Waals surface area contributed by atoms with Crippen LogP contribution in [0, 0.1) is 5.82 Å². The van der Waals surface area contributed by atoms with Gasteiger partial charge in [0.2, 0.25) is 5.91 Å². The molecule has 0 aliphatic rings. The molecule has 20 heavy (non-hydrogen) atoms. The molecular weight excluding hydrogens is 265 g/mol. The summed E-state index contributed by atoms with van der Waals surface area (Å²) < 4.78 is 12.7. The van der Waals surface area contributed by atoms with Gasteiger partial charge >= 0.3 is 5.69 Å². The molecule has 6 nitrogen and oxygen atoms in total. The molecule has 0 aliphatic carbocycles. The molecule has 0 unspecified atom stereocenters. The SMILES string of the molecule is O=C(/C=C/c1ccc(F)cc1)Nc1c[nH]c(=O)[nH]c1=O. The minimum Gasteiger partial charge on any atom is -0.317 e. The molecule has 0 spiro atoms. The number of halogens is 1. The normalized spacial score (nSPS) is 10.7. The molecule has 3 N–H and O–H groups in total. The Morgan fingerprint density at radius 3 is 2.55 bits per heavy atom. The molecule has 1 aromatic carbocycles. The van der Waals surface area contributed by atoms with E-state index in [1.165, 1.54) is 36.4 Å². The van der Waals surface area contributed by atoms with Crippen LogP contribution in [0.4, 0.5) is 10.1 Å². The van der Waals surface area contributed by atoms with Gasteiger partial charge in [-0.2, -0.15) is 0 Å². The van der Waals surface area contributed by atoms with Crippen LogP contribution in [-0.2, 0) is 4.79 Å². The maximum absolute atomic E-state index is 12.7. The first-order chi connectivity index (χ1) is 9.54. The second-order valence-corrected chi connectivity index (χ2v) is 3.86. The summed E-state index contributed by atoms with van der Waals surface area (Å²) in [5, 5.41) is 2.31. The number of carbonyl (C=O) groups is 1. The molecule has 1 heterocycles. The number of H-pyrrole nitrogens is 2. The second kappa shape index (κ2) is 5.79. The highest BCUT2D eigenvalue weighted by Crippen LogP contribution is 2.04. The lowest BCUT2D eigenvalue weighted by molar-refractivity contribution is -0.111. The lowest BCUT2D eigenvalue weighted by Gasteiger charge is -1.99. The molecule has 0 bridgehead atoms. The number of benzene rings is 1. The Morgan fingerprint density at radius 2 is 1.90 bits per heavy atom. The quantitative estimate of drug-likeness (QED) is 0.725. The van der Waals surface area contributed by atoms with Crippen LogP contribution < -0.4 is 16.6 Å². The van der Waals surface area contributed by atoms with Crippen LogP contribution in [-0.4, -0.2) is 15.9 Å². The first kappa shape index (κ1) is 13.5. The van der Waals surface area contributed by atoms with Crippen molar-refractivity contribution in [1.29, 1.82) is 0 Å². The van der Waals surface area contributed by atoms with Gasteiger partial charge in [-0.3, -0.25) is 14.6 Å². The molecular formula is C13H10FN3O3. The second-order valence-electron chi connectivity index (χ2n) is 3.86. The van der Waals surface area contributed by atoms with E-state index in [0.29, 0.717) is 5.56 Å². The minimum absolute atomic E-state index is 0.0710. The number of amides is 1. The van der Waals surface area contributed by atoms with Crippen molar-refractivity contribution in [3.63, 3.8) is 0 Å². The van der Waals surface area contributed by atoms with E-state index in [0.717, 1.165) is 6.20 Å². The first-order valence-corrected chi connectivity index (χ1v) is 5.61. The van der Waals surface area contributed by atoms with Gasteiger partial charge in [0.15, 0.2) is 0 Å². The smallest absolute Gasteiger partial charge is 0.317 e. The Bertz CT molecular complexity index is 759. The van der Waals surface area contributed by atoms with Crippen LogP contribution >= 0.6 is 0 Å². The van der Waals surface area contributed by atoms with E-state index in [1.54, 1.807) is 0 Å². The number of aromatic amines is 2. The number of anilines is 1. The average Bonchev–Trinajstić information content (AvgIpc) is 2.41. The Kier molecular flexibility index (Phi) is 3.90.